The lowest BCUT2D eigenvalue weighted by atomic mass is 9.70. The molecular formula is C26H32NO2+. The van der Waals surface area contributed by atoms with Gasteiger partial charge in [-0.05, 0) is 11.1 Å². The van der Waals surface area contributed by atoms with Crippen molar-refractivity contribution >= 4 is 11.7 Å². The summed E-state index contributed by atoms with van der Waals surface area (Å²) in [5.74, 6) is -0.0214. The average molecular weight is 391 g/mol. The van der Waals surface area contributed by atoms with E-state index in [1.807, 2.05) is 42.5 Å². The first-order valence-corrected chi connectivity index (χ1v) is 10.5. The van der Waals surface area contributed by atoms with Crippen molar-refractivity contribution in [3.05, 3.63) is 84.4 Å². The van der Waals surface area contributed by atoms with Gasteiger partial charge in [0, 0.05) is 24.2 Å². The minimum absolute atomic E-state index is 0.143. The lowest BCUT2D eigenvalue weighted by molar-refractivity contribution is -0.509. The Labute approximate surface area is 174 Å². The molecule has 2 aromatic carbocycles. The van der Waals surface area contributed by atoms with Gasteiger partial charge in [-0.2, -0.15) is 0 Å². The van der Waals surface area contributed by atoms with Crippen molar-refractivity contribution < 1.29 is 14.1 Å². The van der Waals surface area contributed by atoms with Gasteiger partial charge in [0.15, 0.2) is 5.71 Å². The number of hydrogen-bond acceptors (Lipinski definition) is 2. The van der Waals surface area contributed by atoms with Crippen LogP contribution < -0.4 is 0 Å². The first kappa shape index (κ1) is 21.0. The number of carbonyl (C=O) groups excluding carboxylic acids is 1. The molecule has 0 radical (unpaired) electrons. The van der Waals surface area contributed by atoms with Gasteiger partial charge < -0.3 is 4.74 Å². The summed E-state index contributed by atoms with van der Waals surface area (Å²) in [4.78, 5) is 12.7. The SMILES string of the molecule is C=C[C@](C)(c1ccccc1)[C@@H](C)C(CC(=O)OCc1ccccc1)=[N+]1CCCC1. The second kappa shape index (κ2) is 9.69. The van der Waals surface area contributed by atoms with Gasteiger partial charge in [-0.3, -0.25) is 4.79 Å². The smallest absolute Gasteiger partial charge is 0.316 e. The van der Waals surface area contributed by atoms with Crippen molar-refractivity contribution in [3.63, 3.8) is 0 Å². The summed E-state index contributed by atoms with van der Waals surface area (Å²) >= 11 is 0. The molecule has 3 heteroatoms. The molecule has 1 fully saturated rings. The lowest BCUT2D eigenvalue weighted by Gasteiger charge is -2.33. The van der Waals surface area contributed by atoms with Crippen LogP contribution in [0.25, 0.3) is 0 Å². The number of esters is 1. The van der Waals surface area contributed by atoms with Crippen LogP contribution in [0.4, 0.5) is 0 Å². The Morgan fingerprint density at radius 1 is 1.10 bits per heavy atom. The highest BCUT2D eigenvalue weighted by Gasteiger charge is 2.39. The maximum atomic E-state index is 12.7. The summed E-state index contributed by atoms with van der Waals surface area (Å²) in [5.41, 5.74) is 3.14. The van der Waals surface area contributed by atoms with Crippen molar-refractivity contribution in [3.8, 4) is 0 Å². The van der Waals surface area contributed by atoms with E-state index in [4.69, 9.17) is 4.74 Å². The summed E-state index contributed by atoms with van der Waals surface area (Å²) in [6.07, 6.45) is 4.69. The molecule has 0 saturated carbocycles. The normalized spacial score (nSPS) is 16.7. The number of benzene rings is 2. The van der Waals surface area contributed by atoms with Gasteiger partial charge in [0.2, 0.25) is 0 Å². The molecule has 0 spiro atoms. The molecule has 1 aliphatic rings. The van der Waals surface area contributed by atoms with Crippen LogP contribution in [0.3, 0.4) is 0 Å². The number of nitrogens with zero attached hydrogens (tertiary/aromatic N) is 1. The van der Waals surface area contributed by atoms with Crippen molar-refractivity contribution in [2.75, 3.05) is 13.1 Å². The quantitative estimate of drug-likeness (QED) is 0.354. The highest BCUT2D eigenvalue weighted by molar-refractivity contribution is 5.98. The fourth-order valence-electron chi connectivity index (χ4n) is 4.17. The third kappa shape index (κ3) is 5.03. The van der Waals surface area contributed by atoms with E-state index in [1.165, 1.54) is 18.4 Å². The van der Waals surface area contributed by atoms with E-state index in [-0.39, 0.29) is 17.3 Å². The van der Waals surface area contributed by atoms with E-state index in [0.717, 1.165) is 24.4 Å². The zero-order valence-corrected chi connectivity index (χ0v) is 17.6. The molecule has 1 aliphatic heterocycles. The van der Waals surface area contributed by atoms with Crippen molar-refractivity contribution in [1.82, 2.24) is 0 Å². The van der Waals surface area contributed by atoms with Gasteiger partial charge in [0.05, 0.1) is 0 Å². The van der Waals surface area contributed by atoms with Crippen LogP contribution in [0.1, 0.15) is 44.2 Å². The Morgan fingerprint density at radius 2 is 1.69 bits per heavy atom. The highest BCUT2D eigenvalue weighted by atomic mass is 16.5. The predicted octanol–water partition coefficient (Wildman–Crippen LogP) is 5.15. The number of carbonyl (C=O) groups is 1. The molecule has 29 heavy (non-hydrogen) atoms. The number of allylic oxidation sites excluding steroid dienone is 1. The molecule has 152 valence electrons. The zero-order valence-electron chi connectivity index (χ0n) is 17.6. The maximum Gasteiger partial charge on any atom is 0.316 e. The van der Waals surface area contributed by atoms with Crippen LogP contribution in [-0.2, 0) is 21.6 Å². The van der Waals surface area contributed by atoms with Gasteiger partial charge in [-0.25, -0.2) is 4.58 Å². The molecule has 0 aromatic heterocycles. The number of hydrogen-bond donors (Lipinski definition) is 0. The van der Waals surface area contributed by atoms with Crippen LogP contribution in [0.15, 0.2) is 73.3 Å². The molecule has 0 amide bonds. The molecule has 3 rings (SSSR count). The van der Waals surface area contributed by atoms with E-state index in [9.17, 15) is 4.79 Å². The van der Waals surface area contributed by atoms with Gasteiger partial charge >= 0.3 is 5.97 Å². The topological polar surface area (TPSA) is 29.3 Å². The van der Waals surface area contributed by atoms with Gasteiger partial charge in [-0.15, -0.1) is 6.58 Å². The minimum atomic E-state index is -0.251. The second-order valence-corrected chi connectivity index (χ2v) is 8.08. The fraction of sp³-hybridized carbons (Fsp3) is 0.385. The third-order valence-electron chi connectivity index (χ3n) is 6.30. The number of rotatable bonds is 8. The van der Waals surface area contributed by atoms with Gasteiger partial charge in [0.25, 0.3) is 0 Å². The Balaban J connectivity index is 1.81. The standard InChI is InChI=1S/C26H32NO2/c1-4-26(3,23-15-9-6-10-16-23)21(2)24(27-17-11-12-18-27)19-25(28)29-20-22-13-7-5-8-14-22/h4-10,13-16,21H,1,11-12,17-20H2,2-3H3/q+1/t21-,26-/m0/s1. The first-order valence-electron chi connectivity index (χ1n) is 10.5. The van der Waals surface area contributed by atoms with E-state index in [0.29, 0.717) is 13.0 Å². The molecule has 2 aromatic rings. The molecule has 1 heterocycles. The van der Waals surface area contributed by atoms with E-state index in [1.54, 1.807) is 0 Å². The summed E-state index contributed by atoms with van der Waals surface area (Å²) < 4.78 is 8.00. The average Bonchev–Trinajstić information content (AvgIpc) is 3.31. The third-order valence-corrected chi connectivity index (χ3v) is 6.30. The van der Waals surface area contributed by atoms with Gasteiger partial charge in [0.1, 0.15) is 26.1 Å². The van der Waals surface area contributed by atoms with Crippen molar-refractivity contribution in [2.24, 2.45) is 5.92 Å². The number of ether oxygens (including phenoxy) is 1. The minimum Gasteiger partial charge on any atom is -0.460 e. The second-order valence-electron chi connectivity index (χ2n) is 8.08. The van der Waals surface area contributed by atoms with Crippen LogP contribution in [-0.4, -0.2) is 29.3 Å². The monoisotopic (exact) mass is 390 g/mol. The Bertz CT molecular complexity index is 849. The molecule has 0 unspecified atom stereocenters. The molecule has 3 nitrogen and oxygen atoms in total. The predicted molar refractivity (Wildman–Crippen MR) is 118 cm³/mol. The first-order chi connectivity index (χ1) is 14.0. The molecule has 0 bridgehead atoms. The van der Waals surface area contributed by atoms with Crippen LogP contribution >= 0.6 is 0 Å². The molecule has 1 saturated heterocycles. The molecule has 0 N–H and O–H groups in total. The van der Waals surface area contributed by atoms with E-state index < -0.39 is 0 Å². The Kier molecular flexibility index (Phi) is 7.03. The summed E-state index contributed by atoms with van der Waals surface area (Å²) in [6.45, 7) is 10.9. The largest absolute Gasteiger partial charge is 0.460 e. The van der Waals surface area contributed by atoms with Crippen LogP contribution in [0, 0.1) is 5.92 Å². The molecule has 2 atom stereocenters. The molecule has 0 aliphatic carbocycles. The Morgan fingerprint density at radius 3 is 2.28 bits per heavy atom. The van der Waals surface area contributed by atoms with Gasteiger partial charge in [-0.1, -0.05) is 80.6 Å². The van der Waals surface area contributed by atoms with Crippen LogP contribution in [0.2, 0.25) is 0 Å². The maximum absolute atomic E-state index is 12.7. The van der Waals surface area contributed by atoms with Crippen molar-refractivity contribution in [2.45, 2.75) is 45.1 Å². The van der Waals surface area contributed by atoms with Crippen molar-refractivity contribution in [1.29, 1.82) is 0 Å². The zero-order chi connectivity index (χ0) is 20.7. The lowest BCUT2D eigenvalue weighted by Crippen LogP contribution is -2.39. The summed E-state index contributed by atoms with van der Waals surface area (Å²) in [7, 11) is 0. The Hall–Kier alpha value is -2.68. The van der Waals surface area contributed by atoms with Crippen LogP contribution in [0.5, 0.6) is 0 Å². The summed E-state index contributed by atoms with van der Waals surface area (Å²) in [5, 5.41) is 0. The highest BCUT2D eigenvalue weighted by Crippen LogP contribution is 2.35. The summed E-state index contributed by atoms with van der Waals surface area (Å²) in [6, 6.07) is 20.3. The van der Waals surface area contributed by atoms with E-state index in [2.05, 4.69) is 49.3 Å². The molecular weight excluding hydrogens is 358 g/mol. The fourth-order valence-corrected chi connectivity index (χ4v) is 4.17. The van der Waals surface area contributed by atoms with E-state index >= 15 is 0 Å².